The molecule has 6 heterocycles. The van der Waals surface area contributed by atoms with Crippen molar-refractivity contribution in [3.8, 4) is 0 Å². The second kappa shape index (κ2) is 15.5. The average molecular weight is 1010 g/mol. The van der Waals surface area contributed by atoms with Crippen molar-refractivity contribution in [1.82, 2.24) is 0 Å². The number of hydrogen-bond donors (Lipinski definition) is 5. The lowest BCUT2D eigenvalue weighted by Gasteiger charge is -2.69. The topological polar surface area (TPSA) is 181 Å². The first-order valence-electron chi connectivity index (χ1n) is 28.2. The van der Waals surface area contributed by atoms with Crippen molar-refractivity contribution < 1.29 is 56.5 Å². The molecule has 8 aliphatic carbocycles. The molecule has 14 rings (SSSR count). The Hall–Kier alpha value is -1.23. The van der Waals surface area contributed by atoms with Crippen molar-refractivity contribution in [2.45, 2.75) is 232 Å². The van der Waals surface area contributed by atoms with Crippen LogP contribution in [0.3, 0.4) is 0 Å². The molecule has 6 aliphatic heterocycles. The largest absolute Gasteiger partial charge is 0.397 e. The van der Waals surface area contributed by atoms with Crippen LogP contribution in [0.5, 0.6) is 0 Å². The molecule has 0 aromatic carbocycles. The fourth-order valence-electron chi connectivity index (χ4n) is 21.6. The lowest BCUT2D eigenvalue weighted by atomic mass is 9.42. The number of ether oxygens (including phenoxy) is 4. The SMILES string of the molecule is C[C@@H]([C@H]1CC[C@H]2C3=C(CC[C@]12C)[C@@]12CO[C@](O)([C@@H](O)C1)C(C)(C)C2[C@@H](OS(=O)(=O)O)C3)[C@H]1C[C@@H]2C[C@@](C)(OC2(C)C)[C@H](CC[C@@H](C)[C@H]2CC[C@H]3C4=C(CC[C@]23C)[C@@]23CO[C@](O)([C@@H](O)C2)C(C)(C)C3=CC4)O1. The van der Waals surface area contributed by atoms with Gasteiger partial charge in [-0.25, -0.2) is 4.18 Å². The molecule has 1 unspecified atom stereocenters. The molecule has 0 radical (unpaired) electrons. The fourth-order valence-corrected chi connectivity index (χ4v) is 22.1. The second-order valence-corrected chi connectivity index (χ2v) is 29.8. The van der Waals surface area contributed by atoms with Gasteiger partial charge < -0.3 is 39.4 Å². The van der Waals surface area contributed by atoms with Crippen LogP contribution in [0.1, 0.15) is 179 Å². The zero-order valence-corrected chi connectivity index (χ0v) is 45.6. The van der Waals surface area contributed by atoms with E-state index in [1.807, 2.05) is 13.8 Å². The zero-order chi connectivity index (χ0) is 50.9. The van der Waals surface area contributed by atoms with Gasteiger partial charge in [0.2, 0.25) is 5.79 Å². The summed E-state index contributed by atoms with van der Waals surface area (Å²) < 4.78 is 68.2. The van der Waals surface area contributed by atoms with Gasteiger partial charge in [-0.3, -0.25) is 4.55 Å². The molecule has 14 aliphatic rings. The van der Waals surface area contributed by atoms with Crippen molar-refractivity contribution in [2.75, 3.05) is 13.2 Å². The van der Waals surface area contributed by atoms with Gasteiger partial charge in [0.05, 0.1) is 42.7 Å². The summed E-state index contributed by atoms with van der Waals surface area (Å²) in [6.45, 7) is 25.4. The normalized spacial score (nSPS) is 52.7. The van der Waals surface area contributed by atoms with E-state index in [1.165, 1.54) is 35.1 Å². The number of rotatable bonds is 8. The Balaban J connectivity index is 0.782. The smallest absolute Gasteiger partial charge is 0.387 e. The summed E-state index contributed by atoms with van der Waals surface area (Å²) in [5.41, 5.74) is 3.65. The molecule has 5 N–H and O–H groups in total. The van der Waals surface area contributed by atoms with E-state index in [-0.39, 0.29) is 64.5 Å². The monoisotopic (exact) mass is 1010 g/mol. The standard InChI is InChI=1S/C58H88O12S/c1-31(36-14-16-38-34-13-18-44-49(3,4)57(61)45(59)27-55(44,29-66-57)40(34)20-22-52(36,38)9)12-19-47-54(11)26-33(51(7,8)70-54)24-42(68-47)32(2)37-15-17-39-35-25-43(69-71(63,64)65)48-50(5,6)58(62)46(60)28-56(48,30-67-58)41(35)21-23-53(37,39)10/h18,31-33,36-39,42-43,45-48,59-62H,12-17,19-30H2,1-11H3,(H,63,64,65)/t31-,32+,33-,36-,37-,38+,39+,42-,43+,45+,46+,47+,48?,52-,53-,54-,55+,56+,57-,58-/m1/s1. The molecule has 10 fully saturated rings. The zero-order valence-electron chi connectivity index (χ0n) is 44.8. The molecule has 398 valence electrons. The minimum absolute atomic E-state index is 0.0358. The molecule has 6 saturated heterocycles. The van der Waals surface area contributed by atoms with Crippen LogP contribution in [0, 0.1) is 79.8 Å². The third kappa shape index (κ3) is 6.52. The predicted octanol–water partition coefficient (Wildman–Crippen LogP) is 9.55. The predicted molar refractivity (Wildman–Crippen MR) is 266 cm³/mol. The van der Waals surface area contributed by atoms with E-state index < -0.39 is 62.4 Å². The van der Waals surface area contributed by atoms with Crippen LogP contribution < -0.4 is 0 Å². The first kappa shape index (κ1) is 50.6. The third-order valence-corrected chi connectivity index (χ3v) is 25.4. The van der Waals surface area contributed by atoms with Gasteiger partial charge >= 0.3 is 10.4 Å². The lowest BCUT2D eigenvalue weighted by Crippen LogP contribution is -2.76. The van der Waals surface area contributed by atoms with E-state index in [0.29, 0.717) is 49.0 Å². The average Bonchev–Trinajstić information content (AvgIpc) is 3.85. The van der Waals surface area contributed by atoms with Crippen molar-refractivity contribution in [1.29, 1.82) is 0 Å². The van der Waals surface area contributed by atoms with Crippen molar-refractivity contribution in [3.63, 3.8) is 0 Å². The van der Waals surface area contributed by atoms with Crippen LogP contribution >= 0.6 is 0 Å². The number of aliphatic hydroxyl groups excluding tert-OH is 2. The Morgan fingerprint density at radius 1 is 0.789 bits per heavy atom. The maximum atomic E-state index is 12.6. The highest BCUT2D eigenvalue weighted by atomic mass is 32.3. The van der Waals surface area contributed by atoms with Gasteiger partial charge in [-0.2, -0.15) is 8.42 Å². The molecular weight excluding hydrogens is 921 g/mol. The fraction of sp³-hybridized carbons (Fsp3) is 0.897. The highest BCUT2D eigenvalue weighted by Gasteiger charge is 2.75. The van der Waals surface area contributed by atoms with Crippen LogP contribution in [-0.2, 0) is 33.5 Å². The summed E-state index contributed by atoms with van der Waals surface area (Å²) >= 11 is 0. The number of allylic oxidation sites excluding steroid dienone is 2. The van der Waals surface area contributed by atoms with Gasteiger partial charge in [0.25, 0.3) is 0 Å². The van der Waals surface area contributed by atoms with E-state index in [1.54, 1.807) is 5.57 Å². The molecule has 12 nitrogen and oxygen atoms in total. The Kier molecular flexibility index (Phi) is 11.0. The molecule has 0 aromatic rings. The van der Waals surface area contributed by atoms with Crippen LogP contribution in [0.2, 0.25) is 0 Å². The van der Waals surface area contributed by atoms with E-state index in [4.69, 9.17) is 23.1 Å². The molecular formula is C58H88O12S. The highest BCUT2D eigenvalue weighted by molar-refractivity contribution is 7.80. The molecule has 13 heteroatoms. The molecule has 0 amide bonds. The Morgan fingerprint density at radius 2 is 1.42 bits per heavy atom. The first-order valence-corrected chi connectivity index (χ1v) is 29.5. The van der Waals surface area contributed by atoms with Gasteiger partial charge in [-0.05, 0) is 176 Å². The van der Waals surface area contributed by atoms with E-state index in [0.717, 1.165) is 70.6 Å². The van der Waals surface area contributed by atoms with Crippen LogP contribution in [-0.4, -0.2) is 99.9 Å². The summed E-state index contributed by atoms with van der Waals surface area (Å²) in [7, 11) is -4.81. The highest BCUT2D eigenvalue weighted by Crippen LogP contribution is 2.74. The van der Waals surface area contributed by atoms with Crippen molar-refractivity contribution in [3.05, 3.63) is 33.9 Å². The molecule has 6 bridgehead atoms. The van der Waals surface area contributed by atoms with Crippen molar-refractivity contribution in [2.24, 2.45) is 79.8 Å². The number of hydrogen-bond acceptors (Lipinski definition) is 11. The summed E-state index contributed by atoms with van der Waals surface area (Å²) in [5, 5.41) is 46.2. The van der Waals surface area contributed by atoms with Crippen LogP contribution in [0.15, 0.2) is 33.9 Å². The summed E-state index contributed by atoms with van der Waals surface area (Å²) in [6, 6.07) is 0. The van der Waals surface area contributed by atoms with Gasteiger partial charge in [-0.1, -0.05) is 89.3 Å². The lowest BCUT2D eigenvalue weighted by molar-refractivity contribution is -0.408. The van der Waals surface area contributed by atoms with Gasteiger partial charge in [0, 0.05) is 27.6 Å². The number of fused-ring (bicyclic) bond motifs is 10. The molecule has 4 saturated carbocycles. The Labute approximate surface area is 424 Å². The third-order valence-electron chi connectivity index (χ3n) is 24.9. The first-order chi connectivity index (χ1) is 32.9. The Bertz CT molecular complexity index is 2460. The second-order valence-electron chi connectivity index (χ2n) is 28.8. The van der Waals surface area contributed by atoms with Crippen LogP contribution in [0.25, 0.3) is 0 Å². The maximum Gasteiger partial charge on any atom is 0.397 e. The van der Waals surface area contributed by atoms with Crippen LogP contribution in [0.4, 0.5) is 0 Å². The molecule has 2 spiro atoms. The summed E-state index contributed by atoms with van der Waals surface area (Å²) in [4.78, 5) is 0. The summed E-state index contributed by atoms with van der Waals surface area (Å²) in [6.07, 6.45) is 14.0. The number of aliphatic hydroxyl groups is 4. The van der Waals surface area contributed by atoms with E-state index in [9.17, 15) is 33.4 Å². The Morgan fingerprint density at radius 3 is 2.10 bits per heavy atom. The summed E-state index contributed by atoms with van der Waals surface area (Å²) in [5.74, 6) is -1.04. The van der Waals surface area contributed by atoms with Gasteiger partial charge in [-0.15, -0.1) is 0 Å². The van der Waals surface area contributed by atoms with E-state index in [2.05, 4.69) is 68.4 Å². The minimum Gasteiger partial charge on any atom is -0.387 e. The molecule has 20 atom stereocenters. The maximum absolute atomic E-state index is 12.6. The van der Waals surface area contributed by atoms with Gasteiger partial charge in [0.1, 0.15) is 12.2 Å². The van der Waals surface area contributed by atoms with E-state index >= 15 is 0 Å². The molecule has 0 aromatic heterocycles. The molecule has 71 heavy (non-hydrogen) atoms. The minimum atomic E-state index is -4.81. The van der Waals surface area contributed by atoms with Gasteiger partial charge in [0.15, 0.2) is 5.79 Å². The van der Waals surface area contributed by atoms with Crippen molar-refractivity contribution >= 4 is 10.4 Å². The quantitative estimate of drug-likeness (QED) is 0.115.